The molecule has 0 unspecified atom stereocenters. The van der Waals surface area contributed by atoms with Gasteiger partial charge in [-0.25, -0.2) is 0 Å². The van der Waals surface area contributed by atoms with Crippen molar-refractivity contribution in [2.24, 2.45) is 9.98 Å². The quantitative estimate of drug-likeness (QED) is 0.504. The SMILES string of the molecule is C=N/C=C\C(=N/CCl)c1ccc2c(c1)NCCC2. The van der Waals surface area contributed by atoms with Crippen molar-refractivity contribution in [2.45, 2.75) is 12.8 Å². The Kier molecular flexibility index (Phi) is 4.53. The fraction of sp³-hybridized carbons (Fsp3) is 0.286. The lowest BCUT2D eigenvalue weighted by Gasteiger charge is -2.18. The van der Waals surface area contributed by atoms with Crippen LogP contribution in [0.5, 0.6) is 0 Å². The second-order valence-electron chi connectivity index (χ2n) is 4.06. The van der Waals surface area contributed by atoms with E-state index in [2.05, 4.69) is 40.2 Å². The van der Waals surface area contributed by atoms with E-state index in [9.17, 15) is 0 Å². The van der Waals surface area contributed by atoms with Crippen LogP contribution < -0.4 is 5.32 Å². The summed E-state index contributed by atoms with van der Waals surface area (Å²) in [5, 5.41) is 3.41. The Bertz CT molecular complexity index is 492. The molecule has 18 heavy (non-hydrogen) atoms. The first kappa shape index (κ1) is 12.8. The van der Waals surface area contributed by atoms with Crippen molar-refractivity contribution in [1.29, 1.82) is 0 Å². The zero-order valence-corrected chi connectivity index (χ0v) is 11.0. The summed E-state index contributed by atoms with van der Waals surface area (Å²) in [6.45, 7) is 4.45. The normalized spacial score (nSPS) is 15.3. The molecule has 0 radical (unpaired) electrons. The third kappa shape index (κ3) is 2.99. The summed E-state index contributed by atoms with van der Waals surface area (Å²) in [6.07, 6.45) is 5.77. The van der Waals surface area contributed by atoms with Crippen molar-refractivity contribution in [3.63, 3.8) is 0 Å². The number of halogens is 1. The number of nitrogens with one attached hydrogen (secondary N) is 1. The van der Waals surface area contributed by atoms with Crippen LogP contribution in [0.4, 0.5) is 5.69 Å². The van der Waals surface area contributed by atoms with E-state index in [-0.39, 0.29) is 6.00 Å². The number of aryl methyl sites for hydroxylation is 1. The molecule has 4 heteroatoms. The highest BCUT2D eigenvalue weighted by Crippen LogP contribution is 2.23. The van der Waals surface area contributed by atoms with Crippen LogP contribution in [0, 0.1) is 0 Å². The number of fused-ring (bicyclic) bond motifs is 1. The summed E-state index contributed by atoms with van der Waals surface area (Å²) in [7, 11) is 0. The monoisotopic (exact) mass is 261 g/mol. The van der Waals surface area contributed by atoms with Gasteiger partial charge < -0.3 is 5.32 Å². The van der Waals surface area contributed by atoms with E-state index in [4.69, 9.17) is 11.6 Å². The Labute approximate surface area is 112 Å². The second kappa shape index (κ2) is 6.36. The van der Waals surface area contributed by atoms with Crippen LogP contribution in [0.2, 0.25) is 0 Å². The Hall–Kier alpha value is -1.61. The maximum atomic E-state index is 5.69. The van der Waals surface area contributed by atoms with Gasteiger partial charge in [-0.05, 0) is 37.3 Å². The smallest absolute Gasteiger partial charge is 0.114 e. The van der Waals surface area contributed by atoms with Crippen LogP contribution in [0.15, 0.2) is 40.5 Å². The molecule has 94 valence electrons. The Morgan fingerprint density at radius 3 is 3.17 bits per heavy atom. The lowest BCUT2D eigenvalue weighted by atomic mass is 9.99. The average Bonchev–Trinajstić information content (AvgIpc) is 2.43. The number of allylic oxidation sites excluding steroid dienone is 1. The molecule has 0 atom stereocenters. The van der Waals surface area contributed by atoms with Crippen molar-refractivity contribution in [3.8, 4) is 0 Å². The molecule has 1 heterocycles. The third-order valence-electron chi connectivity index (χ3n) is 2.91. The maximum absolute atomic E-state index is 5.69. The van der Waals surface area contributed by atoms with E-state index in [0.717, 1.165) is 24.2 Å². The van der Waals surface area contributed by atoms with Gasteiger partial charge in [0.15, 0.2) is 0 Å². The van der Waals surface area contributed by atoms with Crippen molar-refractivity contribution in [3.05, 3.63) is 41.6 Å². The molecule has 0 saturated carbocycles. The highest BCUT2D eigenvalue weighted by Gasteiger charge is 2.10. The summed E-state index contributed by atoms with van der Waals surface area (Å²) < 4.78 is 0. The molecule has 0 amide bonds. The largest absolute Gasteiger partial charge is 0.385 e. The van der Waals surface area contributed by atoms with Gasteiger partial charge in [0.1, 0.15) is 6.00 Å². The van der Waals surface area contributed by atoms with Crippen LogP contribution >= 0.6 is 11.6 Å². The minimum absolute atomic E-state index is 0.237. The van der Waals surface area contributed by atoms with Gasteiger partial charge in [0.25, 0.3) is 0 Å². The second-order valence-corrected chi connectivity index (χ2v) is 4.30. The maximum Gasteiger partial charge on any atom is 0.114 e. The molecule has 0 spiro atoms. The van der Waals surface area contributed by atoms with Gasteiger partial charge >= 0.3 is 0 Å². The summed E-state index contributed by atoms with van der Waals surface area (Å²) in [5.74, 6) is 0. The average molecular weight is 262 g/mol. The fourth-order valence-corrected chi connectivity index (χ4v) is 2.18. The summed E-state index contributed by atoms with van der Waals surface area (Å²) in [6, 6.07) is 6.58. The number of hydrogen-bond donors (Lipinski definition) is 1. The van der Waals surface area contributed by atoms with Crippen molar-refractivity contribution >= 4 is 29.7 Å². The minimum atomic E-state index is 0.237. The molecule has 1 N–H and O–H groups in total. The molecule has 0 fully saturated rings. The molecule has 1 aliphatic rings. The molecule has 0 saturated heterocycles. The number of hydrogen-bond acceptors (Lipinski definition) is 3. The molecule has 3 nitrogen and oxygen atoms in total. The number of nitrogens with zero attached hydrogens (tertiary/aromatic N) is 2. The molecule has 1 aromatic carbocycles. The van der Waals surface area contributed by atoms with Crippen LogP contribution in [0.1, 0.15) is 17.5 Å². The first-order valence-electron chi connectivity index (χ1n) is 5.95. The Balaban J connectivity index is 2.33. The van der Waals surface area contributed by atoms with Gasteiger partial charge in [-0.3, -0.25) is 9.98 Å². The van der Waals surface area contributed by atoms with Crippen LogP contribution in [-0.4, -0.2) is 25.0 Å². The zero-order valence-electron chi connectivity index (χ0n) is 10.2. The standard InChI is InChI=1S/C14H16ClN3/c1-16-8-6-13(18-10-15)12-5-4-11-3-2-7-17-14(11)9-12/h4-6,8-9,17H,1-3,7,10H2/b8-6-,18-13+. The Morgan fingerprint density at radius 2 is 2.39 bits per heavy atom. The fourth-order valence-electron chi connectivity index (χ4n) is 2.05. The van der Waals surface area contributed by atoms with Crippen LogP contribution in [0.25, 0.3) is 0 Å². The lowest BCUT2D eigenvalue weighted by Crippen LogP contribution is -2.12. The van der Waals surface area contributed by atoms with Gasteiger partial charge in [0.2, 0.25) is 0 Å². The van der Waals surface area contributed by atoms with Gasteiger partial charge in [-0.1, -0.05) is 12.1 Å². The van der Waals surface area contributed by atoms with E-state index in [1.165, 1.54) is 17.7 Å². The van der Waals surface area contributed by atoms with Crippen LogP contribution in [0.3, 0.4) is 0 Å². The summed E-state index contributed by atoms with van der Waals surface area (Å²) >= 11 is 5.69. The van der Waals surface area contributed by atoms with E-state index in [1.54, 1.807) is 6.20 Å². The first-order valence-corrected chi connectivity index (χ1v) is 6.48. The first-order chi connectivity index (χ1) is 8.85. The number of aliphatic imine (C=N–C) groups is 2. The van der Waals surface area contributed by atoms with E-state index < -0.39 is 0 Å². The van der Waals surface area contributed by atoms with Crippen molar-refractivity contribution < 1.29 is 0 Å². The van der Waals surface area contributed by atoms with Crippen molar-refractivity contribution in [1.82, 2.24) is 0 Å². The van der Waals surface area contributed by atoms with Crippen LogP contribution in [-0.2, 0) is 6.42 Å². The highest BCUT2D eigenvalue weighted by molar-refractivity contribution is 6.19. The lowest BCUT2D eigenvalue weighted by molar-refractivity contribution is 0.830. The number of anilines is 1. The number of benzene rings is 1. The van der Waals surface area contributed by atoms with E-state index in [1.807, 2.05) is 6.08 Å². The molecule has 0 aliphatic carbocycles. The summed E-state index contributed by atoms with van der Waals surface area (Å²) in [4.78, 5) is 7.96. The molecule has 2 rings (SSSR count). The molecular weight excluding hydrogens is 246 g/mol. The minimum Gasteiger partial charge on any atom is -0.385 e. The number of alkyl halides is 1. The highest BCUT2D eigenvalue weighted by atomic mass is 35.5. The number of rotatable bonds is 4. The van der Waals surface area contributed by atoms with Gasteiger partial charge in [0.05, 0.1) is 5.71 Å². The van der Waals surface area contributed by atoms with E-state index in [0.29, 0.717) is 0 Å². The predicted octanol–water partition coefficient (Wildman–Crippen LogP) is 3.24. The third-order valence-corrected chi connectivity index (χ3v) is 3.03. The predicted molar refractivity (Wildman–Crippen MR) is 79.2 cm³/mol. The van der Waals surface area contributed by atoms with Gasteiger partial charge in [-0.15, -0.1) is 11.6 Å². The van der Waals surface area contributed by atoms with Gasteiger partial charge in [0, 0.05) is 24.0 Å². The van der Waals surface area contributed by atoms with E-state index >= 15 is 0 Å². The summed E-state index contributed by atoms with van der Waals surface area (Å²) in [5.41, 5.74) is 4.43. The molecular formula is C14H16ClN3. The Morgan fingerprint density at radius 1 is 1.50 bits per heavy atom. The van der Waals surface area contributed by atoms with Crippen molar-refractivity contribution in [2.75, 3.05) is 17.9 Å². The molecule has 0 bridgehead atoms. The topological polar surface area (TPSA) is 36.8 Å². The van der Waals surface area contributed by atoms with Gasteiger partial charge in [-0.2, -0.15) is 0 Å². The zero-order chi connectivity index (χ0) is 12.8. The molecule has 1 aliphatic heterocycles. The molecule has 0 aromatic heterocycles. The molecule has 1 aromatic rings.